The standard InChI is InChI=1S/C12H20N4O3/c1-8(2)19-12(18)10(16-11(17)3-4-13)5-9-6-14-7-15-9/h6-8,10H,3-5,13H2,1-2H3,(H,14,15)(H,16,17)/t10-/m0/s1. The fourth-order valence-electron chi connectivity index (χ4n) is 1.52. The highest BCUT2D eigenvalue weighted by Gasteiger charge is 2.23. The van der Waals surface area contributed by atoms with E-state index in [1.807, 2.05) is 0 Å². The summed E-state index contributed by atoms with van der Waals surface area (Å²) in [4.78, 5) is 30.2. The molecule has 7 nitrogen and oxygen atoms in total. The van der Waals surface area contributed by atoms with Gasteiger partial charge in [0.1, 0.15) is 6.04 Å². The van der Waals surface area contributed by atoms with Gasteiger partial charge in [0.05, 0.1) is 12.4 Å². The van der Waals surface area contributed by atoms with Crippen molar-refractivity contribution in [2.24, 2.45) is 5.73 Å². The van der Waals surface area contributed by atoms with E-state index in [0.29, 0.717) is 6.42 Å². The van der Waals surface area contributed by atoms with Crippen LogP contribution in [0.1, 0.15) is 26.0 Å². The average Bonchev–Trinajstić information content (AvgIpc) is 2.80. The third-order valence-corrected chi connectivity index (χ3v) is 2.32. The number of aromatic nitrogens is 2. The minimum atomic E-state index is -0.734. The molecule has 106 valence electrons. The maximum Gasteiger partial charge on any atom is 0.329 e. The number of ether oxygens (including phenoxy) is 1. The predicted molar refractivity (Wildman–Crippen MR) is 69.1 cm³/mol. The summed E-state index contributed by atoms with van der Waals surface area (Å²) in [5.74, 6) is -0.734. The van der Waals surface area contributed by atoms with Crippen molar-refractivity contribution >= 4 is 11.9 Å². The van der Waals surface area contributed by atoms with Crippen LogP contribution in [0.4, 0.5) is 0 Å². The first-order chi connectivity index (χ1) is 9.02. The van der Waals surface area contributed by atoms with E-state index in [2.05, 4.69) is 15.3 Å². The molecule has 0 spiro atoms. The number of H-pyrrole nitrogens is 1. The van der Waals surface area contributed by atoms with Crippen LogP contribution in [-0.2, 0) is 20.7 Å². The third-order valence-electron chi connectivity index (χ3n) is 2.32. The van der Waals surface area contributed by atoms with Gasteiger partial charge in [-0.3, -0.25) is 4.79 Å². The van der Waals surface area contributed by atoms with Crippen molar-refractivity contribution in [2.45, 2.75) is 38.8 Å². The fourth-order valence-corrected chi connectivity index (χ4v) is 1.52. The quantitative estimate of drug-likeness (QED) is 0.590. The molecular formula is C12H20N4O3. The van der Waals surface area contributed by atoms with Gasteiger partial charge in [0.25, 0.3) is 0 Å². The monoisotopic (exact) mass is 268 g/mol. The zero-order valence-corrected chi connectivity index (χ0v) is 11.2. The van der Waals surface area contributed by atoms with E-state index in [9.17, 15) is 9.59 Å². The van der Waals surface area contributed by atoms with E-state index in [1.54, 1.807) is 20.0 Å². The lowest BCUT2D eigenvalue weighted by molar-refractivity contribution is -0.151. The molecule has 4 N–H and O–H groups in total. The molecule has 0 unspecified atom stereocenters. The smallest absolute Gasteiger partial charge is 0.329 e. The summed E-state index contributed by atoms with van der Waals surface area (Å²) < 4.78 is 5.12. The SMILES string of the molecule is CC(C)OC(=O)[C@H](Cc1cnc[nH]1)NC(=O)CCN. The molecule has 19 heavy (non-hydrogen) atoms. The van der Waals surface area contributed by atoms with Gasteiger partial charge in [-0.25, -0.2) is 9.78 Å². The van der Waals surface area contributed by atoms with Gasteiger partial charge in [0.15, 0.2) is 0 Å². The first-order valence-electron chi connectivity index (χ1n) is 6.20. The van der Waals surface area contributed by atoms with E-state index in [0.717, 1.165) is 5.69 Å². The van der Waals surface area contributed by atoms with Crippen LogP contribution in [0, 0.1) is 0 Å². The van der Waals surface area contributed by atoms with Gasteiger partial charge in [-0.1, -0.05) is 0 Å². The van der Waals surface area contributed by atoms with Gasteiger partial charge in [-0.2, -0.15) is 0 Å². The van der Waals surface area contributed by atoms with Crippen LogP contribution in [0.25, 0.3) is 0 Å². The second-order valence-electron chi connectivity index (χ2n) is 4.43. The summed E-state index contributed by atoms with van der Waals surface area (Å²) in [6.45, 7) is 3.75. The number of hydrogen-bond donors (Lipinski definition) is 3. The van der Waals surface area contributed by atoms with Crippen LogP contribution < -0.4 is 11.1 Å². The topological polar surface area (TPSA) is 110 Å². The molecule has 1 rings (SSSR count). The summed E-state index contributed by atoms with van der Waals surface area (Å²) in [6.07, 6.45) is 3.37. The minimum Gasteiger partial charge on any atom is -0.461 e. The van der Waals surface area contributed by atoms with E-state index < -0.39 is 12.0 Å². The number of carbonyl (C=O) groups excluding carboxylic acids is 2. The first kappa shape index (κ1) is 15.2. The number of amides is 1. The molecule has 1 heterocycles. The molecule has 0 bridgehead atoms. The van der Waals surface area contributed by atoms with Crippen LogP contribution in [0.15, 0.2) is 12.5 Å². The van der Waals surface area contributed by atoms with Crippen LogP contribution >= 0.6 is 0 Å². The molecule has 0 radical (unpaired) electrons. The lowest BCUT2D eigenvalue weighted by atomic mass is 10.1. The molecule has 0 aliphatic heterocycles. The van der Waals surface area contributed by atoms with E-state index in [-0.39, 0.29) is 25.0 Å². The Balaban J connectivity index is 2.66. The van der Waals surface area contributed by atoms with Crippen molar-refractivity contribution in [1.29, 1.82) is 0 Å². The highest BCUT2D eigenvalue weighted by atomic mass is 16.5. The Morgan fingerprint density at radius 3 is 2.79 bits per heavy atom. The van der Waals surface area contributed by atoms with Crippen LogP contribution in [-0.4, -0.2) is 40.5 Å². The maximum absolute atomic E-state index is 11.9. The number of carbonyl (C=O) groups is 2. The molecule has 0 aliphatic rings. The molecule has 1 aromatic heterocycles. The van der Waals surface area contributed by atoms with Gasteiger partial charge < -0.3 is 20.8 Å². The Kier molecular flexibility index (Phi) is 6.01. The Bertz CT molecular complexity index is 403. The highest BCUT2D eigenvalue weighted by molar-refractivity contribution is 5.84. The largest absolute Gasteiger partial charge is 0.461 e. The number of esters is 1. The van der Waals surface area contributed by atoms with Crippen molar-refractivity contribution in [2.75, 3.05) is 6.54 Å². The molecule has 0 aromatic carbocycles. The number of nitrogens with zero attached hydrogens (tertiary/aromatic N) is 1. The number of rotatable bonds is 7. The minimum absolute atomic E-state index is 0.175. The van der Waals surface area contributed by atoms with Crippen molar-refractivity contribution in [3.63, 3.8) is 0 Å². The average molecular weight is 268 g/mol. The van der Waals surface area contributed by atoms with Gasteiger partial charge in [-0.15, -0.1) is 0 Å². The number of nitrogens with one attached hydrogen (secondary N) is 2. The molecule has 0 aliphatic carbocycles. The van der Waals surface area contributed by atoms with E-state index in [1.165, 1.54) is 6.33 Å². The van der Waals surface area contributed by atoms with Crippen molar-refractivity contribution in [1.82, 2.24) is 15.3 Å². The zero-order valence-electron chi connectivity index (χ0n) is 11.2. The summed E-state index contributed by atoms with van der Waals surface area (Å²) in [5.41, 5.74) is 6.05. The molecule has 1 aromatic rings. The Labute approximate surface area is 111 Å². The summed E-state index contributed by atoms with van der Waals surface area (Å²) in [6, 6.07) is -0.734. The Morgan fingerprint density at radius 2 is 2.26 bits per heavy atom. The van der Waals surface area contributed by atoms with E-state index >= 15 is 0 Å². The first-order valence-corrected chi connectivity index (χ1v) is 6.20. The van der Waals surface area contributed by atoms with Crippen LogP contribution in [0.3, 0.4) is 0 Å². The van der Waals surface area contributed by atoms with Crippen molar-refractivity contribution in [3.8, 4) is 0 Å². The lowest BCUT2D eigenvalue weighted by Crippen LogP contribution is -2.44. The lowest BCUT2D eigenvalue weighted by Gasteiger charge is -2.18. The number of hydrogen-bond acceptors (Lipinski definition) is 5. The number of imidazole rings is 1. The second-order valence-corrected chi connectivity index (χ2v) is 4.43. The van der Waals surface area contributed by atoms with Crippen molar-refractivity contribution in [3.05, 3.63) is 18.2 Å². The predicted octanol–water partition coefficient (Wildman–Crippen LogP) is -0.263. The second kappa shape index (κ2) is 7.52. The molecule has 0 saturated heterocycles. The maximum atomic E-state index is 11.9. The molecule has 0 saturated carbocycles. The Hall–Kier alpha value is -1.89. The van der Waals surface area contributed by atoms with Crippen molar-refractivity contribution < 1.29 is 14.3 Å². The van der Waals surface area contributed by atoms with Crippen LogP contribution in [0.2, 0.25) is 0 Å². The number of nitrogens with two attached hydrogens (primary N) is 1. The zero-order chi connectivity index (χ0) is 14.3. The van der Waals surface area contributed by atoms with Gasteiger partial charge >= 0.3 is 5.97 Å². The summed E-state index contributed by atoms with van der Waals surface area (Å²) in [7, 11) is 0. The Morgan fingerprint density at radius 1 is 1.53 bits per heavy atom. The van der Waals surface area contributed by atoms with Gasteiger partial charge in [-0.05, 0) is 13.8 Å². The number of aromatic amines is 1. The van der Waals surface area contributed by atoms with Crippen LogP contribution in [0.5, 0.6) is 0 Å². The highest BCUT2D eigenvalue weighted by Crippen LogP contribution is 2.03. The normalized spacial score (nSPS) is 12.2. The molecule has 1 atom stereocenters. The molecule has 7 heteroatoms. The summed E-state index contributed by atoms with van der Waals surface area (Å²) >= 11 is 0. The molecule has 0 fully saturated rings. The fraction of sp³-hybridized carbons (Fsp3) is 0.583. The van der Waals surface area contributed by atoms with E-state index in [4.69, 9.17) is 10.5 Å². The summed E-state index contributed by atoms with van der Waals surface area (Å²) in [5, 5.41) is 2.62. The molecular weight excluding hydrogens is 248 g/mol. The molecule has 1 amide bonds. The van der Waals surface area contributed by atoms with Gasteiger partial charge in [0.2, 0.25) is 5.91 Å². The third kappa shape index (κ3) is 5.52. The van der Waals surface area contributed by atoms with Gasteiger partial charge in [0, 0.05) is 31.3 Å².